The molecule has 4 aromatic rings. The average Bonchev–Trinajstić information content (AvgIpc) is 3.25. The minimum absolute atomic E-state index is 0.0681. The number of fused-ring (bicyclic) bond motifs is 1. The summed E-state index contributed by atoms with van der Waals surface area (Å²) in [6, 6.07) is 13.5. The van der Waals surface area contributed by atoms with Crippen LogP contribution in [0.4, 0.5) is 5.69 Å². The van der Waals surface area contributed by atoms with Crippen molar-refractivity contribution in [2.45, 2.75) is 13.3 Å². The molecule has 6 heteroatoms. The van der Waals surface area contributed by atoms with Gasteiger partial charge in [-0.15, -0.1) is 0 Å². The zero-order valence-corrected chi connectivity index (χ0v) is 13.7. The van der Waals surface area contributed by atoms with E-state index in [-0.39, 0.29) is 5.91 Å². The molecule has 0 saturated carbocycles. The summed E-state index contributed by atoms with van der Waals surface area (Å²) in [5.74, 6) is 0.636. The van der Waals surface area contributed by atoms with Crippen LogP contribution in [-0.4, -0.2) is 25.7 Å². The van der Waals surface area contributed by atoms with Crippen LogP contribution >= 0.6 is 0 Å². The second-order valence-corrected chi connectivity index (χ2v) is 5.85. The first kappa shape index (κ1) is 15.1. The van der Waals surface area contributed by atoms with E-state index in [1.54, 1.807) is 17.1 Å². The normalized spacial score (nSPS) is 10.9. The molecule has 0 bridgehead atoms. The van der Waals surface area contributed by atoms with Crippen LogP contribution in [0.3, 0.4) is 0 Å². The number of amides is 1. The Hall–Kier alpha value is -3.41. The lowest BCUT2D eigenvalue weighted by molar-refractivity contribution is -0.115. The Bertz CT molecular complexity index is 1020. The minimum atomic E-state index is -0.0681. The molecule has 0 aliphatic heterocycles. The predicted octanol–water partition coefficient (Wildman–Crippen LogP) is 3.24. The fourth-order valence-electron chi connectivity index (χ4n) is 2.93. The van der Waals surface area contributed by atoms with Gasteiger partial charge in [0.05, 0.1) is 18.3 Å². The second-order valence-electron chi connectivity index (χ2n) is 5.85. The predicted molar refractivity (Wildman–Crippen MR) is 96.7 cm³/mol. The maximum atomic E-state index is 12.4. The first-order valence-corrected chi connectivity index (χ1v) is 8.03. The number of pyridine rings is 1. The zero-order chi connectivity index (χ0) is 17.2. The SMILES string of the molecule is Cc1[nH]c2ccccc2c1CC(=O)Nc1ccc(-n2cccn2)nc1. The fraction of sp³-hybridized carbons (Fsp3) is 0.105. The maximum absolute atomic E-state index is 12.4. The Balaban J connectivity index is 1.49. The number of nitrogens with one attached hydrogen (secondary N) is 2. The van der Waals surface area contributed by atoms with E-state index >= 15 is 0 Å². The number of carbonyl (C=O) groups excluding carboxylic acids is 1. The van der Waals surface area contributed by atoms with Gasteiger partial charge in [0, 0.05) is 29.0 Å². The van der Waals surface area contributed by atoms with Crippen LogP contribution in [0, 0.1) is 6.92 Å². The monoisotopic (exact) mass is 331 g/mol. The molecule has 0 fully saturated rings. The van der Waals surface area contributed by atoms with Gasteiger partial charge in [-0.1, -0.05) is 18.2 Å². The molecule has 0 aliphatic rings. The molecule has 124 valence electrons. The minimum Gasteiger partial charge on any atom is -0.358 e. The molecule has 0 atom stereocenters. The summed E-state index contributed by atoms with van der Waals surface area (Å²) in [4.78, 5) is 20.1. The maximum Gasteiger partial charge on any atom is 0.228 e. The Morgan fingerprint density at radius 1 is 1.20 bits per heavy atom. The molecule has 2 N–H and O–H groups in total. The van der Waals surface area contributed by atoms with Crippen LogP contribution in [-0.2, 0) is 11.2 Å². The van der Waals surface area contributed by atoms with Crippen molar-refractivity contribution in [2.24, 2.45) is 0 Å². The van der Waals surface area contributed by atoms with Crippen LogP contribution in [0.5, 0.6) is 0 Å². The second kappa shape index (κ2) is 6.24. The smallest absolute Gasteiger partial charge is 0.228 e. The molecular weight excluding hydrogens is 314 g/mol. The van der Waals surface area contributed by atoms with Crippen molar-refractivity contribution in [2.75, 3.05) is 5.32 Å². The first-order valence-electron chi connectivity index (χ1n) is 8.03. The largest absolute Gasteiger partial charge is 0.358 e. The number of hydrogen-bond acceptors (Lipinski definition) is 3. The average molecular weight is 331 g/mol. The third-order valence-electron chi connectivity index (χ3n) is 4.14. The number of aryl methyl sites for hydroxylation is 1. The molecule has 4 rings (SSSR count). The number of carbonyl (C=O) groups is 1. The summed E-state index contributed by atoms with van der Waals surface area (Å²) in [5.41, 5.74) is 3.75. The van der Waals surface area contributed by atoms with Gasteiger partial charge in [-0.25, -0.2) is 9.67 Å². The zero-order valence-electron chi connectivity index (χ0n) is 13.7. The topological polar surface area (TPSA) is 75.6 Å². The number of aromatic amines is 1. The van der Waals surface area contributed by atoms with Crippen molar-refractivity contribution >= 4 is 22.5 Å². The molecule has 1 amide bonds. The van der Waals surface area contributed by atoms with Crippen LogP contribution < -0.4 is 5.32 Å². The lowest BCUT2D eigenvalue weighted by atomic mass is 10.1. The summed E-state index contributed by atoms with van der Waals surface area (Å²) in [6.07, 6.45) is 5.47. The van der Waals surface area contributed by atoms with Crippen LogP contribution in [0.25, 0.3) is 16.7 Å². The van der Waals surface area contributed by atoms with E-state index in [1.165, 1.54) is 0 Å². The van der Waals surface area contributed by atoms with Gasteiger partial charge < -0.3 is 10.3 Å². The molecule has 25 heavy (non-hydrogen) atoms. The van der Waals surface area contributed by atoms with Gasteiger partial charge in [-0.2, -0.15) is 5.10 Å². The van der Waals surface area contributed by atoms with E-state index in [1.807, 2.05) is 55.6 Å². The van der Waals surface area contributed by atoms with Gasteiger partial charge in [-0.3, -0.25) is 4.79 Å². The fourth-order valence-corrected chi connectivity index (χ4v) is 2.93. The highest BCUT2D eigenvalue weighted by atomic mass is 16.1. The first-order chi connectivity index (χ1) is 12.2. The van der Waals surface area contributed by atoms with E-state index in [2.05, 4.69) is 20.4 Å². The molecule has 0 unspecified atom stereocenters. The van der Waals surface area contributed by atoms with E-state index in [9.17, 15) is 4.79 Å². The Morgan fingerprint density at radius 3 is 2.84 bits per heavy atom. The Labute approximate surface area is 144 Å². The van der Waals surface area contributed by atoms with Crippen LogP contribution in [0.15, 0.2) is 61.1 Å². The quantitative estimate of drug-likeness (QED) is 0.603. The summed E-state index contributed by atoms with van der Waals surface area (Å²) in [5, 5.41) is 8.11. The molecule has 0 aliphatic carbocycles. The number of H-pyrrole nitrogens is 1. The molecule has 3 aromatic heterocycles. The number of benzene rings is 1. The number of anilines is 1. The van der Waals surface area contributed by atoms with Crippen molar-refractivity contribution in [1.82, 2.24) is 19.7 Å². The number of nitrogens with zero attached hydrogens (tertiary/aromatic N) is 3. The van der Waals surface area contributed by atoms with E-state index in [0.717, 1.165) is 22.2 Å². The van der Waals surface area contributed by atoms with Gasteiger partial charge in [0.1, 0.15) is 0 Å². The molecule has 1 aromatic carbocycles. The lowest BCUT2D eigenvalue weighted by Gasteiger charge is -2.06. The molecule has 3 heterocycles. The van der Waals surface area contributed by atoms with E-state index < -0.39 is 0 Å². The highest BCUT2D eigenvalue weighted by Crippen LogP contribution is 2.22. The lowest BCUT2D eigenvalue weighted by Crippen LogP contribution is -2.15. The summed E-state index contributed by atoms with van der Waals surface area (Å²) >= 11 is 0. The number of aromatic nitrogens is 4. The van der Waals surface area contributed by atoms with Gasteiger partial charge in [-0.05, 0) is 36.8 Å². The molecule has 0 spiro atoms. The molecule has 0 radical (unpaired) electrons. The van der Waals surface area contributed by atoms with Crippen molar-refractivity contribution in [3.63, 3.8) is 0 Å². The van der Waals surface area contributed by atoms with E-state index in [4.69, 9.17) is 0 Å². The highest BCUT2D eigenvalue weighted by Gasteiger charge is 2.12. The van der Waals surface area contributed by atoms with Crippen molar-refractivity contribution < 1.29 is 4.79 Å². The van der Waals surface area contributed by atoms with Gasteiger partial charge in [0.15, 0.2) is 5.82 Å². The third-order valence-corrected chi connectivity index (χ3v) is 4.14. The molecular formula is C19H17N5O. The van der Waals surface area contributed by atoms with Gasteiger partial charge in [0.2, 0.25) is 5.91 Å². The summed E-state index contributed by atoms with van der Waals surface area (Å²) in [6.45, 7) is 1.99. The van der Waals surface area contributed by atoms with Crippen molar-refractivity contribution in [3.8, 4) is 5.82 Å². The van der Waals surface area contributed by atoms with Gasteiger partial charge >= 0.3 is 0 Å². The third kappa shape index (κ3) is 3.01. The number of rotatable bonds is 4. The molecule has 0 saturated heterocycles. The van der Waals surface area contributed by atoms with E-state index in [0.29, 0.717) is 17.9 Å². The van der Waals surface area contributed by atoms with Gasteiger partial charge in [0.25, 0.3) is 0 Å². The number of hydrogen-bond donors (Lipinski definition) is 2. The summed E-state index contributed by atoms with van der Waals surface area (Å²) in [7, 11) is 0. The van der Waals surface area contributed by atoms with Crippen LogP contribution in [0.1, 0.15) is 11.3 Å². The Morgan fingerprint density at radius 2 is 2.08 bits per heavy atom. The van der Waals surface area contributed by atoms with Crippen molar-refractivity contribution in [3.05, 3.63) is 72.3 Å². The molecule has 6 nitrogen and oxygen atoms in total. The van der Waals surface area contributed by atoms with Crippen LogP contribution in [0.2, 0.25) is 0 Å². The summed E-state index contributed by atoms with van der Waals surface area (Å²) < 4.78 is 1.67. The Kier molecular flexibility index (Phi) is 3.78. The standard InChI is InChI=1S/C19H17N5O/c1-13-16(15-5-2-3-6-17(15)22-13)11-19(25)23-14-7-8-18(20-12-14)24-10-4-9-21-24/h2-10,12,22H,11H2,1H3,(H,23,25). The highest BCUT2D eigenvalue weighted by molar-refractivity contribution is 5.96. The number of para-hydroxylation sites is 1. The van der Waals surface area contributed by atoms with Crippen molar-refractivity contribution in [1.29, 1.82) is 0 Å².